The zero-order valence-electron chi connectivity index (χ0n) is 18.3. The van der Waals surface area contributed by atoms with Gasteiger partial charge in [0.05, 0.1) is 29.7 Å². The SMILES string of the molecule is CCCOc1ccc(Oc2cccc(NC(=O)c3ccc(C(C)OC)nc3C)c2)cc1. The Labute approximate surface area is 183 Å². The molecule has 1 aromatic heterocycles. The molecule has 31 heavy (non-hydrogen) atoms. The molecule has 1 unspecified atom stereocenters. The summed E-state index contributed by atoms with van der Waals surface area (Å²) in [4.78, 5) is 17.2. The smallest absolute Gasteiger partial charge is 0.257 e. The van der Waals surface area contributed by atoms with E-state index in [4.69, 9.17) is 14.2 Å². The van der Waals surface area contributed by atoms with Crippen LogP contribution in [0, 0.1) is 6.92 Å². The maximum atomic E-state index is 12.7. The molecule has 0 fully saturated rings. The molecule has 0 radical (unpaired) electrons. The molecule has 162 valence electrons. The van der Waals surface area contributed by atoms with Gasteiger partial charge in [0.2, 0.25) is 0 Å². The van der Waals surface area contributed by atoms with E-state index < -0.39 is 0 Å². The number of nitrogens with one attached hydrogen (secondary N) is 1. The zero-order chi connectivity index (χ0) is 22.2. The quantitative estimate of drug-likeness (QED) is 0.464. The van der Waals surface area contributed by atoms with Crippen molar-refractivity contribution < 1.29 is 19.0 Å². The molecule has 0 aliphatic heterocycles. The van der Waals surface area contributed by atoms with Gasteiger partial charge in [-0.3, -0.25) is 9.78 Å². The molecular formula is C25H28N2O4. The van der Waals surface area contributed by atoms with Crippen LogP contribution in [0.15, 0.2) is 60.7 Å². The van der Waals surface area contributed by atoms with Crippen molar-refractivity contribution in [3.63, 3.8) is 0 Å². The number of carbonyl (C=O) groups excluding carboxylic acids is 1. The highest BCUT2D eigenvalue weighted by Gasteiger charge is 2.14. The van der Waals surface area contributed by atoms with E-state index in [0.717, 1.165) is 17.9 Å². The highest BCUT2D eigenvalue weighted by Crippen LogP contribution is 2.26. The molecular weight excluding hydrogens is 392 g/mol. The maximum Gasteiger partial charge on any atom is 0.257 e. The molecule has 6 heteroatoms. The number of carbonyl (C=O) groups is 1. The van der Waals surface area contributed by atoms with E-state index in [9.17, 15) is 4.79 Å². The molecule has 3 aromatic rings. The molecule has 6 nitrogen and oxygen atoms in total. The van der Waals surface area contributed by atoms with Crippen molar-refractivity contribution >= 4 is 11.6 Å². The van der Waals surface area contributed by atoms with E-state index in [1.54, 1.807) is 19.2 Å². The lowest BCUT2D eigenvalue weighted by Crippen LogP contribution is -2.15. The van der Waals surface area contributed by atoms with Gasteiger partial charge in [-0.15, -0.1) is 0 Å². The van der Waals surface area contributed by atoms with Crippen LogP contribution >= 0.6 is 0 Å². The van der Waals surface area contributed by atoms with Crippen molar-refractivity contribution in [2.24, 2.45) is 0 Å². The van der Waals surface area contributed by atoms with E-state index in [1.165, 1.54) is 0 Å². The molecule has 0 spiro atoms. The van der Waals surface area contributed by atoms with Crippen LogP contribution in [0.25, 0.3) is 0 Å². The number of nitrogens with zero attached hydrogens (tertiary/aromatic N) is 1. The van der Waals surface area contributed by atoms with Crippen molar-refractivity contribution in [2.75, 3.05) is 19.0 Å². The fourth-order valence-electron chi connectivity index (χ4n) is 2.96. The minimum absolute atomic E-state index is 0.128. The summed E-state index contributed by atoms with van der Waals surface area (Å²) < 4.78 is 16.8. The first-order valence-corrected chi connectivity index (χ1v) is 10.3. The molecule has 0 saturated carbocycles. The Kier molecular flexibility index (Phi) is 7.62. The van der Waals surface area contributed by atoms with E-state index in [1.807, 2.05) is 62.4 Å². The molecule has 0 bridgehead atoms. The molecule has 0 aliphatic rings. The summed E-state index contributed by atoms with van der Waals surface area (Å²) in [6.45, 7) is 6.48. The lowest BCUT2D eigenvalue weighted by molar-refractivity contribution is 0.102. The van der Waals surface area contributed by atoms with Crippen LogP contribution in [-0.2, 0) is 4.74 Å². The number of anilines is 1. The number of methoxy groups -OCH3 is 1. The van der Waals surface area contributed by atoms with Crippen molar-refractivity contribution in [3.05, 3.63) is 77.6 Å². The average Bonchev–Trinajstić information content (AvgIpc) is 2.78. The topological polar surface area (TPSA) is 69.7 Å². The second-order valence-corrected chi connectivity index (χ2v) is 7.15. The van der Waals surface area contributed by atoms with Crippen molar-refractivity contribution in [3.8, 4) is 17.2 Å². The number of pyridine rings is 1. The van der Waals surface area contributed by atoms with Gasteiger partial charge in [0.1, 0.15) is 17.2 Å². The summed E-state index contributed by atoms with van der Waals surface area (Å²) in [5.74, 6) is 1.90. The van der Waals surface area contributed by atoms with E-state index in [-0.39, 0.29) is 12.0 Å². The number of ether oxygens (including phenoxy) is 3. The van der Waals surface area contributed by atoms with E-state index in [2.05, 4.69) is 17.2 Å². The van der Waals surface area contributed by atoms with Gasteiger partial charge in [-0.1, -0.05) is 13.0 Å². The first kappa shape index (κ1) is 22.3. The predicted octanol–water partition coefficient (Wildman–Crippen LogP) is 5.93. The monoisotopic (exact) mass is 420 g/mol. The lowest BCUT2D eigenvalue weighted by Gasteiger charge is -2.13. The minimum atomic E-state index is -0.226. The van der Waals surface area contributed by atoms with Crippen LogP contribution in [0.4, 0.5) is 5.69 Å². The largest absolute Gasteiger partial charge is 0.494 e. The number of benzene rings is 2. The second kappa shape index (κ2) is 10.6. The Bertz CT molecular complexity index is 1020. The Morgan fingerprint density at radius 3 is 2.45 bits per heavy atom. The minimum Gasteiger partial charge on any atom is -0.494 e. The van der Waals surface area contributed by atoms with Crippen LogP contribution < -0.4 is 14.8 Å². The van der Waals surface area contributed by atoms with Gasteiger partial charge in [-0.05, 0) is 68.8 Å². The van der Waals surface area contributed by atoms with Crippen molar-refractivity contribution in [1.82, 2.24) is 4.98 Å². The van der Waals surface area contributed by atoms with Crippen LogP contribution in [0.5, 0.6) is 17.2 Å². The maximum absolute atomic E-state index is 12.7. The van der Waals surface area contributed by atoms with Crippen LogP contribution in [-0.4, -0.2) is 24.6 Å². The Morgan fingerprint density at radius 2 is 1.77 bits per heavy atom. The van der Waals surface area contributed by atoms with Crippen molar-refractivity contribution in [2.45, 2.75) is 33.3 Å². The van der Waals surface area contributed by atoms with Crippen LogP contribution in [0.3, 0.4) is 0 Å². The van der Waals surface area contributed by atoms with E-state index >= 15 is 0 Å². The molecule has 1 amide bonds. The third-order valence-corrected chi connectivity index (χ3v) is 4.75. The van der Waals surface area contributed by atoms with Gasteiger partial charge in [0, 0.05) is 18.9 Å². The first-order chi connectivity index (χ1) is 15.0. The first-order valence-electron chi connectivity index (χ1n) is 10.3. The average molecular weight is 421 g/mol. The molecule has 1 N–H and O–H groups in total. The lowest BCUT2D eigenvalue weighted by atomic mass is 10.1. The van der Waals surface area contributed by atoms with Gasteiger partial charge in [0.15, 0.2) is 0 Å². The molecule has 0 aliphatic carbocycles. The van der Waals surface area contributed by atoms with E-state index in [0.29, 0.717) is 35.1 Å². The third kappa shape index (κ3) is 6.06. The normalized spacial score (nSPS) is 11.6. The van der Waals surface area contributed by atoms with Crippen molar-refractivity contribution in [1.29, 1.82) is 0 Å². The summed E-state index contributed by atoms with van der Waals surface area (Å²) in [5.41, 5.74) is 2.59. The zero-order valence-corrected chi connectivity index (χ0v) is 18.3. The van der Waals surface area contributed by atoms with Gasteiger partial charge in [-0.2, -0.15) is 0 Å². The number of hydrogen-bond acceptors (Lipinski definition) is 5. The third-order valence-electron chi connectivity index (χ3n) is 4.75. The highest BCUT2D eigenvalue weighted by atomic mass is 16.5. The molecule has 1 atom stereocenters. The van der Waals surface area contributed by atoms with Gasteiger partial charge >= 0.3 is 0 Å². The molecule has 2 aromatic carbocycles. The summed E-state index contributed by atoms with van der Waals surface area (Å²) >= 11 is 0. The Morgan fingerprint density at radius 1 is 1.03 bits per heavy atom. The standard InChI is InChI=1S/C25H28N2O4/c1-5-15-30-20-9-11-21(12-10-20)31-22-8-6-7-19(16-22)27-25(28)23-13-14-24(18(3)29-4)26-17(23)2/h6-14,16,18H,5,15H2,1-4H3,(H,27,28). The molecule has 0 saturated heterocycles. The fraction of sp³-hybridized carbons (Fsp3) is 0.280. The van der Waals surface area contributed by atoms with Crippen LogP contribution in [0.2, 0.25) is 0 Å². The summed E-state index contributed by atoms with van der Waals surface area (Å²) in [6.07, 6.45) is 0.833. The highest BCUT2D eigenvalue weighted by molar-refractivity contribution is 6.05. The van der Waals surface area contributed by atoms with Gasteiger partial charge < -0.3 is 19.5 Å². The van der Waals surface area contributed by atoms with Crippen LogP contribution in [0.1, 0.15) is 48.1 Å². The summed E-state index contributed by atoms with van der Waals surface area (Å²) in [6, 6.07) is 18.3. The number of hydrogen-bond donors (Lipinski definition) is 1. The Hall–Kier alpha value is -3.38. The molecule has 3 rings (SSSR count). The second-order valence-electron chi connectivity index (χ2n) is 7.15. The number of rotatable bonds is 9. The summed E-state index contributed by atoms with van der Waals surface area (Å²) in [5, 5.41) is 2.91. The van der Waals surface area contributed by atoms with Gasteiger partial charge in [0.25, 0.3) is 5.91 Å². The number of aromatic nitrogens is 1. The number of aryl methyl sites for hydroxylation is 1. The Balaban J connectivity index is 1.67. The fourth-order valence-corrected chi connectivity index (χ4v) is 2.96. The summed E-state index contributed by atoms with van der Waals surface area (Å²) in [7, 11) is 1.63. The predicted molar refractivity (Wildman–Crippen MR) is 121 cm³/mol. The number of amides is 1. The van der Waals surface area contributed by atoms with Gasteiger partial charge in [-0.25, -0.2) is 0 Å². The molecule has 1 heterocycles.